The number of thioether (sulfide) groups is 1. The Labute approximate surface area is 123 Å². The van der Waals surface area contributed by atoms with Crippen LogP contribution in [0.2, 0.25) is 0 Å². The summed E-state index contributed by atoms with van der Waals surface area (Å²) in [4.78, 5) is 14.6. The maximum atomic E-state index is 12.1. The summed E-state index contributed by atoms with van der Waals surface area (Å²) in [5, 5.41) is 0. The predicted molar refractivity (Wildman–Crippen MR) is 81.4 cm³/mol. The molecular weight excluding hydrogens is 296 g/mol. The first-order valence-corrected chi connectivity index (χ1v) is 9.12. The third-order valence-corrected chi connectivity index (χ3v) is 6.14. The van der Waals surface area contributed by atoms with Gasteiger partial charge in [-0.05, 0) is 30.7 Å². The summed E-state index contributed by atoms with van der Waals surface area (Å²) in [7, 11) is -1.28. The van der Waals surface area contributed by atoms with E-state index in [-0.39, 0.29) is 23.5 Å². The van der Waals surface area contributed by atoms with Crippen LogP contribution in [0.4, 0.5) is 5.69 Å². The Hall–Kier alpha value is -1.21. The second kappa shape index (κ2) is 6.05. The summed E-state index contributed by atoms with van der Waals surface area (Å²) < 4.78 is 22.8. The van der Waals surface area contributed by atoms with Gasteiger partial charge in [0, 0.05) is 23.7 Å². The highest BCUT2D eigenvalue weighted by Gasteiger charge is 2.32. The molecule has 0 aromatic heterocycles. The van der Waals surface area contributed by atoms with Gasteiger partial charge in [-0.3, -0.25) is 4.79 Å². The van der Waals surface area contributed by atoms with Crippen LogP contribution in [0.15, 0.2) is 29.2 Å². The molecule has 1 heterocycles. The van der Waals surface area contributed by atoms with Gasteiger partial charge < -0.3 is 10.6 Å². The van der Waals surface area contributed by atoms with Crippen LogP contribution in [0, 0.1) is 0 Å². The average Bonchev–Trinajstić information content (AvgIpc) is 2.77. The fraction of sp³-hybridized carbons (Fsp3) is 0.462. The van der Waals surface area contributed by atoms with Crippen molar-refractivity contribution in [3.05, 3.63) is 24.3 Å². The fourth-order valence-corrected chi connectivity index (χ4v) is 4.69. The lowest BCUT2D eigenvalue weighted by molar-refractivity contribution is -0.128. The van der Waals surface area contributed by atoms with Crippen LogP contribution in [0.25, 0.3) is 0 Å². The number of hydrogen-bond acceptors (Lipinski definition) is 5. The Morgan fingerprint density at radius 1 is 1.40 bits per heavy atom. The highest BCUT2D eigenvalue weighted by atomic mass is 32.2. The van der Waals surface area contributed by atoms with Gasteiger partial charge in [0.25, 0.3) is 0 Å². The molecule has 1 fully saturated rings. The maximum Gasteiger partial charge on any atom is 0.232 e. The van der Waals surface area contributed by atoms with Crippen LogP contribution in [0.3, 0.4) is 0 Å². The minimum Gasteiger partial charge on any atom is -0.399 e. The molecule has 2 N–H and O–H groups in total. The summed E-state index contributed by atoms with van der Waals surface area (Å²) >= 11 is 1.43. The number of nitrogens with zero attached hydrogens (tertiary/aromatic N) is 1. The number of hydrogen-bond donors (Lipinski definition) is 1. The molecule has 1 unspecified atom stereocenters. The zero-order valence-electron chi connectivity index (χ0n) is 11.3. The molecule has 0 bridgehead atoms. The van der Waals surface area contributed by atoms with Crippen LogP contribution in [-0.4, -0.2) is 49.6 Å². The van der Waals surface area contributed by atoms with E-state index in [1.54, 1.807) is 24.1 Å². The van der Waals surface area contributed by atoms with E-state index in [0.29, 0.717) is 17.9 Å². The van der Waals surface area contributed by atoms with E-state index in [9.17, 15) is 13.2 Å². The topological polar surface area (TPSA) is 80.5 Å². The monoisotopic (exact) mass is 314 g/mol. The van der Waals surface area contributed by atoms with E-state index in [1.165, 1.54) is 11.8 Å². The van der Waals surface area contributed by atoms with Gasteiger partial charge in [0.15, 0.2) is 9.84 Å². The lowest BCUT2D eigenvalue weighted by Gasteiger charge is -2.23. The number of anilines is 1. The zero-order valence-corrected chi connectivity index (χ0v) is 12.9. The van der Waals surface area contributed by atoms with E-state index >= 15 is 0 Å². The number of benzene rings is 1. The van der Waals surface area contributed by atoms with Crippen molar-refractivity contribution in [1.82, 2.24) is 4.90 Å². The van der Waals surface area contributed by atoms with E-state index in [4.69, 9.17) is 5.73 Å². The molecule has 0 radical (unpaired) electrons. The number of carbonyl (C=O) groups excluding carboxylic acids is 1. The molecule has 1 aromatic rings. The molecule has 5 nitrogen and oxygen atoms in total. The number of carbonyl (C=O) groups is 1. The van der Waals surface area contributed by atoms with Crippen LogP contribution in [0.1, 0.15) is 6.42 Å². The molecule has 1 aromatic carbocycles. The molecule has 1 amide bonds. The van der Waals surface area contributed by atoms with Crippen molar-refractivity contribution in [2.75, 3.05) is 30.0 Å². The fourth-order valence-electron chi connectivity index (χ4n) is 2.10. The molecule has 1 atom stereocenters. The molecule has 1 aliphatic rings. The van der Waals surface area contributed by atoms with Crippen molar-refractivity contribution >= 4 is 33.2 Å². The molecule has 7 heteroatoms. The van der Waals surface area contributed by atoms with E-state index < -0.39 is 9.84 Å². The number of nitrogen functional groups attached to an aromatic ring is 1. The molecule has 1 aliphatic heterocycles. The molecule has 20 heavy (non-hydrogen) atoms. The molecular formula is C13H18N2O3S2. The van der Waals surface area contributed by atoms with Gasteiger partial charge in [-0.2, -0.15) is 0 Å². The van der Waals surface area contributed by atoms with Crippen LogP contribution in [0.5, 0.6) is 0 Å². The maximum absolute atomic E-state index is 12.1. The Kier molecular flexibility index (Phi) is 4.59. The molecule has 0 spiro atoms. The third kappa shape index (κ3) is 3.89. The predicted octanol–water partition coefficient (Wildman–Crippen LogP) is 1.01. The van der Waals surface area contributed by atoms with Gasteiger partial charge in [-0.25, -0.2) is 8.42 Å². The van der Waals surface area contributed by atoms with Gasteiger partial charge in [-0.15, -0.1) is 11.8 Å². The number of sulfone groups is 1. The van der Waals surface area contributed by atoms with Crippen LogP contribution >= 0.6 is 11.8 Å². The lowest BCUT2D eigenvalue weighted by atomic mass is 10.2. The summed E-state index contributed by atoms with van der Waals surface area (Å²) in [5.74, 6) is 0.521. The number of rotatable bonds is 4. The quantitative estimate of drug-likeness (QED) is 0.662. The first-order valence-electron chi connectivity index (χ1n) is 6.32. The smallest absolute Gasteiger partial charge is 0.232 e. The first-order chi connectivity index (χ1) is 9.37. The van der Waals surface area contributed by atoms with Crippen LogP contribution in [-0.2, 0) is 14.6 Å². The number of amides is 1. The van der Waals surface area contributed by atoms with E-state index in [0.717, 1.165) is 4.90 Å². The lowest BCUT2D eigenvalue weighted by Crippen LogP contribution is -2.38. The van der Waals surface area contributed by atoms with E-state index in [2.05, 4.69) is 0 Å². The summed E-state index contributed by atoms with van der Waals surface area (Å²) in [5.41, 5.74) is 6.29. The molecule has 1 saturated heterocycles. The minimum absolute atomic E-state index is 0.0473. The van der Waals surface area contributed by atoms with Crippen LogP contribution < -0.4 is 5.73 Å². The van der Waals surface area contributed by atoms with E-state index in [1.807, 2.05) is 12.1 Å². The second-order valence-electron chi connectivity index (χ2n) is 4.92. The van der Waals surface area contributed by atoms with Gasteiger partial charge in [0.1, 0.15) is 0 Å². The minimum atomic E-state index is -2.96. The number of nitrogens with two attached hydrogens (primary N) is 1. The zero-order chi connectivity index (χ0) is 14.8. The largest absolute Gasteiger partial charge is 0.399 e. The van der Waals surface area contributed by atoms with Gasteiger partial charge in [0.2, 0.25) is 5.91 Å². The Bertz CT molecular complexity index is 584. The van der Waals surface area contributed by atoms with Gasteiger partial charge in [0.05, 0.1) is 17.3 Å². The Morgan fingerprint density at radius 3 is 2.60 bits per heavy atom. The molecule has 110 valence electrons. The SMILES string of the molecule is CN(C(=O)CSc1ccc(N)cc1)C1CCS(=O)(=O)C1. The second-order valence-corrected chi connectivity index (χ2v) is 8.20. The molecule has 0 saturated carbocycles. The van der Waals surface area contributed by atoms with Gasteiger partial charge >= 0.3 is 0 Å². The molecule has 0 aliphatic carbocycles. The standard InChI is InChI=1S/C13H18N2O3S2/c1-15(11-6-7-20(17,18)9-11)13(16)8-19-12-4-2-10(14)3-5-12/h2-5,11H,6-9,14H2,1H3. The first kappa shape index (κ1) is 15.2. The Balaban J connectivity index is 1.87. The van der Waals surface area contributed by atoms with Crippen molar-refractivity contribution in [2.45, 2.75) is 17.4 Å². The summed E-state index contributed by atoms with van der Waals surface area (Å²) in [6, 6.07) is 7.14. The van der Waals surface area contributed by atoms with Crippen molar-refractivity contribution in [1.29, 1.82) is 0 Å². The van der Waals surface area contributed by atoms with Crippen molar-refractivity contribution in [3.63, 3.8) is 0 Å². The third-order valence-electron chi connectivity index (χ3n) is 3.39. The average molecular weight is 314 g/mol. The van der Waals surface area contributed by atoms with Gasteiger partial charge in [-0.1, -0.05) is 0 Å². The van der Waals surface area contributed by atoms with Crippen molar-refractivity contribution in [2.24, 2.45) is 0 Å². The normalized spacial score (nSPS) is 20.8. The highest BCUT2D eigenvalue weighted by molar-refractivity contribution is 8.00. The summed E-state index contributed by atoms with van der Waals surface area (Å²) in [6.07, 6.45) is 0.539. The summed E-state index contributed by atoms with van der Waals surface area (Å²) in [6.45, 7) is 0. The highest BCUT2D eigenvalue weighted by Crippen LogP contribution is 2.21. The Morgan fingerprint density at radius 2 is 2.05 bits per heavy atom. The van der Waals surface area contributed by atoms with Crippen molar-refractivity contribution in [3.8, 4) is 0 Å². The molecule has 2 rings (SSSR count). The van der Waals surface area contributed by atoms with Crippen molar-refractivity contribution < 1.29 is 13.2 Å².